The molecule has 22 heavy (non-hydrogen) atoms. The van der Waals surface area contributed by atoms with Gasteiger partial charge in [0.15, 0.2) is 0 Å². The first-order valence-electron chi connectivity index (χ1n) is 9.62. The minimum atomic E-state index is 1.08. The smallest absolute Gasteiger partial charge is 0.00975 e. The van der Waals surface area contributed by atoms with Gasteiger partial charge in [0.05, 0.1) is 0 Å². The molecule has 124 valence electrons. The number of rotatable bonds is 14. The van der Waals surface area contributed by atoms with Crippen molar-refractivity contribution >= 4 is 0 Å². The summed E-state index contributed by atoms with van der Waals surface area (Å²) in [5.74, 6) is 0. The highest BCUT2D eigenvalue weighted by atomic mass is 14.0. The highest BCUT2D eigenvalue weighted by Crippen LogP contribution is 2.12. The van der Waals surface area contributed by atoms with Gasteiger partial charge in [-0.25, -0.2) is 0 Å². The topological polar surface area (TPSA) is 0 Å². The van der Waals surface area contributed by atoms with E-state index in [1.165, 1.54) is 82.6 Å². The number of unbranched alkanes of at least 4 members (excludes halogenated alkanes) is 11. The maximum absolute atomic E-state index is 2.36. The molecule has 0 amide bonds. The lowest BCUT2D eigenvalue weighted by Gasteiger charge is -2.01. The van der Waals surface area contributed by atoms with Crippen LogP contribution in [-0.4, -0.2) is 0 Å². The van der Waals surface area contributed by atoms with E-state index in [0.717, 1.165) is 6.42 Å². The van der Waals surface area contributed by atoms with E-state index >= 15 is 0 Å². The summed E-state index contributed by atoms with van der Waals surface area (Å²) in [7, 11) is 0. The first kappa shape index (κ1) is 19.0. The molecule has 0 saturated carbocycles. The maximum atomic E-state index is 2.36. The van der Waals surface area contributed by atoms with E-state index < -0.39 is 0 Å². The van der Waals surface area contributed by atoms with Gasteiger partial charge in [-0.1, -0.05) is 114 Å². The van der Waals surface area contributed by atoms with Crippen LogP contribution in [0.5, 0.6) is 0 Å². The van der Waals surface area contributed by atoms with E-state index in [4.69, 9.17) is 0 Å². The van der Waals surface area contributed by atoms with Crippen LogP contribution in [0.1, 0.15) is 89.5 Å². The molecule has 0 aliphatic heterocycles. The molecule has 0 unspecified atom stereocenters. The third-order valence-corrected chi connectivity index (χ3v) is 4.34. The average molecular weight is 301 g/mol. The van der Waals surface area contributed by atoms with Gasteiger partial charge < -0.3 is 0 Å². The third-order valence-electron chi connectivity index (χ3n) is 4.34. The van der Waals surface area contributed by atoms with Gasteiger partial charge in [-0.2, -0.15) is 0 Å². The van der Waals surface area contributed by atoms with Crippen molar-refractivity contribution in [3.8, 4) is 0 Å². The Morgan fingerprint density at radius 1 is 0.636 bits per heavy atom. The fourth-order valence-electron chi connectivity index (χ4n) is 2.88. The van der Waals surface area contributed by atoms with Crippen molar-refractivity contribution in [2.45, 2.75) is 90.4 Å². The molecule has 0 heteroatoms. The van der Waals surface area contributed by atoms with Crippen LogP contribution in [0.3, 0.4) is 0 Å². The van der Waals surface area contributed by atoms with Crippen LogP contribution in [0.25, 0.3) is 0 Å². The fraction of sp³-hybridized carbons (Fsp3) is 0.636. The molecule has 0 aromatic heterocycles. The number of hydrogen-bond acceptors (Lipinski definition) is 0. The van der Waals surface area contributed by atoms with Crippen molar-refractivity contribution in [3.05, 3.63) is 48.0 Å². The van der Waals surface area contributed by atoms with E-state index in [-0.39, 0.29) is 0 Å². The Hall–Kier alpha value is -1.04. The number of allylic oxidation sites excluding steroid dienone is 2. The summed E-state index contributed by atoms with van der Waals surface area (Å²) in [4.78, 5) is 0. The van der Waals surface area contributed by atoms with E-state index in [1.54, 1.807) is 0 Å². The van der Waals surface area contributed by atoms with Gasteiger partial charge in [-0.3, -0.25) is 0 Å². The van der Waals surface area contributed by atoms with Crippen LogP contribution >= 0.6 is 0 Å². The molecule has 0 heterocycles. The lowest BCUT2D eigenvalue weighted by molar-refractivity contribution is 0.550. The largest absolute Gasteiger partial charge is 0.0882 e. The molecule has 0 nitrogen and oxygen atoms in total. The summed E-state index contributed by atoms with van der Waals surface area (Å²) >= 11 is 0. The Bertz CT molecular complexity index is 350. The Balaban J connectivity index is 1.80. The monoisotopic (exact) mass is 300 g/mol. The molecule has 0 radical (unpaired) electrons. The van der Waals surface area contributed by atoms with Crippen LogP contribution in [-0.2, 0) is 6.42 Å². The standard InChI is InChI=1S/C22H36/c1-2-3-4-5-6-7-8-9-10-11-12-13-14-16-19-22-20-17-15-18-21-22/h14-18,20-21H,2-13,19H2,1H3. The van der Waals surface area contributed by atoms with Crippen molar-refractivity contribution in [2.24, 2.45) is 0 Å². The molecule has 1 rings (SSSR count). The first-order chi connectivity index (χ1) is 10.9. The molecule has 0 aliphatic rings. The molecule has 1 aromatic carbocycles. The zero-order valence-corrected chi connectivity index (χ0v) is 14.7. The van der Waals surface area contributed by atoms with Gasteiger partial charge in [0.2, 0.25) is 0 Å². The summed E-state index contributed by atoms with van der Waals surface area (Å²) in [6.07, 6.45) is 22.7. The fourth-order valence-corrected chi connectivity index (χ4v) is 2.88. The van der Waals surface area contributed by atoms with Crippen LogP contribution in [0, 0.1) is 0 Å². The summed E-state index contributed by atoms with van der Waals surface area (Å²) < 4.78 is 0. The second kappa shape index (κ2) is 14.9. The van der Waals surface area contributed by atoms with Crippen molar-refractivity contribution in [2.75, 3.05) is 0 Å². The van der Waals surface area contributed by atoms with Crippen LogP contribution in [0.2, 0.25) is 0 Å². The average Bonchev–Trinajstić information content (AvgIpc) is 2.56. The van der Waals surface area contributed by atoms with E-state index in [1.807, 2.05) is 0 Å². The van der Waals surface area contributed by atoms with Gasteiger partial charge in [0.25, 0.3) is 0 Å². The van der Waals surface area contributed by atoms with Crippen molar-refractivity contribution in [1.82, 2.24) is 0 Å². The minimum absolute atomic E-state index is 1.08. The summed E-state index contributed by atoms with van der Waals surface area (Å²) in [6, 6.07) is 10.7. The second-order valence-electron chi connectivity index (χ2n) is 6.49. The molecule has 0 N–H and O–H groups in total. The first-order valence-corrected chi connectivity index (χ1v) is 9.62. The van der Waals surface area contributed by atoms with Crippen molar-refractivity contribution in [1.29, 1.82) is 0 Å². The van der Waals surface area contributed by atoms with Crippen LogP contribution in [0.4, 0.5) is 0 Å². The van der Waals surface area contributed by atoms with E-state index in [0.29, 0.717) is 0 Å². The normalized spacial score (nSPS) is 11.3. The minimum Gasteiger partial charge on any atom is -0.0882 e. The third kappa shape index (κ3) is 11.6. The van der Waals surface area contributed by atoms with Crippen LogP contribution in [0.15, 0.2) is 42.5 Å². The molecule has 1 aromatic rings. The molecule has 0 atom stereocenters. The molecular formula is C22H36. The molecule has 0 spiro atoms. The zero-order chi connectivity index (χ0) is 15.7. The maximum Gasteiger partial charge on any atom is -0.00975 e. The number of benzene rings is 1. The predicted octanol–water partition coefficient (Wildman–Crippen LogP) is 7.49. The molecule has 0 aliphatic carbocycles. The van der Waals surface area contributed by atoms with E-state index in [2.05, 4.69) is 49.4 Å². The Morgan fingerprint density at radius 2 is 1.18 bits per heavy atom. The zero-order valence-electron chi connectivity index (χ0n) is 14.7. The Labute approximate surface area is 139 Å². The van der Waals surface area contributed by atoms with Crippen molar-refractivity contribution in [3.63, 3.8) is 0 Å². The lowest BCUT2D eigenvalue weighted by Crippen LogP contribution is -1.82. The summed E-state index contributed by atoms with van der Waals surface area (Å²) in [5.41, 5.74) is 1.41. The highest BCUT2D eigenvalue weighted by molar-refractivity contribution is 5.17. The van der Waals surface area contributed by atoms with Gasteiger partial charge in [0, 0.05) is 0 Å². The molecule has 0 fully saturated rings. The van der Waals surface area contributed by atoms with Gasteiger partial charge in [0.1, 0.15) is 0 Å². The second-order valence-corrected chi connectivity index (χ2v) is 6.49. The quantitative estimate of drug-likeness (QED) is 0.247. The molecule has 0 bridgehead atoms. The molecular weight excluding hydrogens is 264 g/mol. The lowest BCUT2D eigenvalue weighted by atomic mass is 10.1. The molecule has 0 saturated heterocycles. The van der Waals surface area contributed by atoms with Gasteiger partial charge in [-0.15, -0.1) is 0 Å². The number of hydrogen-bond donors (Lipinski definition) is 0. The highest BCUT2D eigenvalue weighted by Gasteiger charge is 1.92. The van der Waals surface area contributed by atoms with Crippen molar-refractivity contribution < 1.29 is 0 Å². The van der Waals surface area contributed by atoms with Crippen LogP contribution < -0.4 is 0 Å². The SMILES string of the molecule is CCCCCCCCCCCCCC=CCc1ccccc1. The van der Waals surface area contributed by atoms with E-state index in [9.17, 15) is 0 Å². The summed E-state index contributed by atoms with van der Waals surface area (Å²) in [5, 5.41) is 0. The summed E-state index contributed by atoms with van der Waals surface area (Å²) in [6.45, 7) is 2.29. The predicted molar refractivity (Wildman–Crippen MR) is 100 cm³/mol. The van der Waals surface area contributed by atoms with Gasteiger partial charge >= 0.3 is 0 Å². The Morgan fingerprint density at radius 3 is 1.77 bits per heavy atom. The Kier molecular flexibility index (Phi) is 12.9. The van der Waals surface area contributed by atoms with Gasteiger partial charge in [-0.05, 0) is 24.8 Å².